The van der Waals surface area contributed by atoms with Crippen LogP contribution in [0, 0.1) is 12.7 Å². The summed E-state index contributed by atoms with van der Waals surface area (Å²) in [6.45, 7) is 8.97. The molecule has 1 aromatic carbocycles. The molecule has 1 atom stereocenters. The molecule has 1 unspecified atom stereocenters. The Morgan fingerprint density at radius 1 is 1.43 bits per heavy atom. The van der Waals surface area contributed by atoms with Crippen molar-refractivity contribution in [3.05, 3.63) is 35.1 Å². The molecule has 5 heteroatoms. The standard InChI is InChI=1S/C16H23FN2O2/c1-11-5-6-12(13(17)9-11)14-10-19(8-7-18-14)15(20)21-16(2,3)4/h5-6,9,14,18H,7-8,10H2,1-4H3. The molecule has 116 valence electrons. The molecule has 1 saturated heterocycles. The smallest absolute Gasteiger partial charge is 0.410 e. The minimum Gasteiger partial charge on any atom is -0.444 e. The number of ether oxygens (including phenoxy) is 1. The number of hydrogen-bond donors (Lipinski definition) is 1. The van der Waals surface area contributed by atoms with E-state index in [1.165, 1.54) is 6.07 Å². The summed E-state index contributed by atoms with van der Waals surface area (Å²) in [5.74, 6) is -0.237. The molecule has 1 fully saturated rings. The van der Waals surface area contributed by atoms with Crippen LogP contribution in [0.25, 0.3) is 0 Å². The van der Waals surface area contributed by atoms with Crippen molar-refractivity contribution >= 4 is 6.09 Å². The van der Waals surface area contributed by atoms with E-state index in [2.05, 4.69) is 5.32 Å². The van der Waals surface area contributed by atoms with Crippen LogP contribution in [0.5, 0.6) is 0 Å². The van der Waals surface area contributed by atoms with Gasteiger partial charge in [-0.15, -0.1) is 0 Å². The van der Waals surface area contributed by atoms with Crippen LogP contribution in [-0.2, 0) is 4.74 Å². The Balaban J connectivity index is 2.08. The van der Waals surface area contributed by atoms with E-state index in [0.717, 1.165) is 5.56 Å². The van der Waals surface area contributed by atoms with Gasteiger partial charge in [-0.2, -0.15) is 0 Å². The first-order valence-corrected chi connectivity index (χ1v) is 7.23. The number of amides is 1. The zero-order valence-electron chi connectivity index (χ0n) is 13.1. The second kappa shape index (κ2) is 6.02. The number of benzene rings is 1. The van der Waals surface area contributed by atoms with Gasteiger partial charge in [-0.25, -0.2) is 9.18 Å². The number of aryl methyl sites for hydroxylation is 1. The number of hydrogen-bond acceptors (Lipinski definition) is 3. The summed E-state index contributed by atoms with van der Waals surface area (Å²) in [4.78, 5) is 13.7. The van der Waals surface area contributed by atoms with Crippen molar-refractivity contribution in [1.29, 1.82) is 0 Å². The summed E-state index contributed by atoms with van der Waals surface area (Å²) in [6.07, 6.45) is -0.346. The molecule has 2 rings (SSSR count). The molecule has 1 aliphatic rings. The summed E-state index contributed by atoms with van der Waals surface area (Å²) >= 11 is 0. The number of nitrogens with one attached hydrogen (secondary N) is 1. The average molecular weight is 294 g/mol. The number of piperazine rings is 1. The SMILES string of the molecule is Cc1ccc(C2CN(C(=O)OC(C)(C)C)CCN2)c(F)c1. The number of carbonyl (C=O) groups excluding carboxylic acids is 1. The highest BCUT2D eigenvalue weighted by atomic mass is 19.1. The van der Waals surface area contributed by atoms with Crippen molar-refractivity contribution in [1.82, 2.24) is 10.2 Å². The summed E-state index contributed by atoms with van der Waals surface area (Å²) in [6, 6.07) is 4.98. The highest BCUT2D eigenvalue weighted by molar-refractivity contribution is 5.68. The van der Waals surface area contributed by atoms with Gasteiger partial charge in [0.25, 0.3) is 0 Å². The van der Waals surface area contributed by atoms with Crippen molar-refractivity contribution in [3.8, 4) is 0 Å². The lowest BCUT2D eigenvalue weighted by molar-refractivity contribution is 0.0194. The van der Waals surface area contributed by atoms with E-state index in [4.69, 9.17) is 4.74 Å². The number of carbonyl (C=O) groups is 1. The van der Waals surface area contributed by atoms with Crippen molar-refractivity contribution in [3.63, 3.8) is 0 Å². The Kier molecular flexibility index (Phi) is 4.52. The lowest BCUT2D eigenvalue weighted by Gasteiger charge is -2.35. The van der Waals surface area contributed by atoms with Gasteiger partial charge in [-0.3, -0.25) is 0 Å². The van der Waals surface area contributed by atoms with Crippen LogP contribution in [-0.4, -0.2) is 36.2 Å². The topological polar surface area (TPSA) is 41.6 Å². The Morgan fingerprint density at radius 3 is 2.76 bits per heavy atom. The van der Waals surface area contributed by atoms with Gasteiger partial charge in [0.2, 0.25) is 0 Å². The Hall–Kier alpha value is -1.62. The Labute approximate surface area is 125 Å². The molecule has 21 heavy (non-hydrogen) atoms. The fourth-order valence-electron chi connectivity index (χ4n) is 2.37. The van der Waals surface area contributed by atoms with E-state index in [9.17, 15) is 9.18 Å². The molecular formula is C16H23FN2O2. The molecule has 1 aliphatic heterocycles. The van der Waals surface area contributed by atoms with Gasteiger partial charge in [-0.1, -0.05) is 12.1 Å². The third-order valence-corrected chi connectivity index (χ3v) is 3.36. The number of nitrogens with zero attached hydrogens (tertiary/aromatic N) is 1. The first kappa shape index (κ1) is 15.8. The van der Waals surface area contributed by atoms with E-state index < -0.39 is 5.60 Å². The van der Waals surface area contributed by atoms with Crippen LogP contribution in [0.4, 0.5) is 9.18 Å². The van der Waals surface area contributed by atoms with Gasteiger partial charge in [-0.05, 0) is 39.3 Å². The first-order chi connectivity index (χ1) is 9.76. The van der Waals surface area contributed by atoms with Gasteiger partial charge in [0.1, 0.15) is 11.4 Å². The van der Waals surface area contributed by atoms with E-state index in [1.54, 1.807) is 11.0 Å². The maximum Gasteiger partial charge on any atom is 0.410 e. The van der Waals surface area contributed by atoms with E-state index in [1.807, 2.05) is 33.8 Å². The zero-order valence-corrected chi connectivity index (χ0v) is 13.1. The summed E-state index contributed by atoms with van der Waals surface area (Å²) < 4.78 is 19.4. The van der Waals surface area contributed by atoms with Crippen LogP contribution in [0.2, 0.25) is 0 Å². The van der Waals surface area contributed by atoms with Gasteiger partial charge in [0, 0.05) is 25.2 Å². The van der Waals surface area contributed by atoms with Crippen LogP contribution >= 0.6 is 0 Å². The Morgan fingerprint density at radius 2 is 2.14 bits per heavy atom. The predicted octanol–water partition coefficient (Wildman–Crippen LogP) is 3.02. The lowest BCUT2D eigenvalue weighted by atomic mass is 10.0. The van der Waals surface area contributed by atoms with Crippen molar-refractivity contribution < 1.29 is 13.9 Å². The molecular weight excluding hydrogens is 271 g/mol. The zero-order chi connectivity index (χ0) is 15.6. The molecule has 0 saturated carbocycles. The predicted molar refractivity (Wildman–Crippen MR) is 79.7 cm³/mol. The van der Waals surface area contributed by atoms with Crippen LogP contribution in [0.3, 0.4) is 0 Å². The minimum absolute atomic E-state index is 0.202. The van der Waals surface area contributed by atoms with Crippen LogP contribution in [0.15, 0.2) is 18.2 Å². The lowest BCUT2D eigenvalue weighted by Crippen LogP contribution is -2.49. The quantitative estimate of drug-likeness (QED) is 0.865. The number of halogens is 1. The van der Waals surface area contributed by atoms with Gasteiger partial charge in [0.15, 0.2) is 0 Å². The highest BCUT2D eigenvalue weighted by Crippen LogP contribution is 2.22. The maximum absolute atomic E-state index is 14.1. The molecule has 0 bridgehead atoms. The van der Waals surface area contributed by atoms with Crippen LogP contribution in [0.1, 0.15) is 37.9 Å². The van der Waals surface area contributed by atoms with Gasteiger partial charge >= 0.3 is 6.09 Å². The summed E-state index contributed by atoms with van der Waals surface area (Å²) in [7, 11) is 0. The fourth-order valence-corrected chi connectivity index (χ4v) is 2.37. The first-order valence-electron chi connectivity index (χ1n) is 7.23. The summed E-state index contributed by atoms with van der Waals surface area (Å²) in [5.41, 5.74) is 0.956. The fraction of sp³-hybridized carbons (Fsp3) is 0.562. The molecule has 1 amide bonds. The molecule has 0 spiro atoms. The molecule has 1 aromatic rings. The third kappa shape index (κ3) is 4.17. The van der Waals surface area contributed by atoms with E-state index in [-0.39, 0.29) is 18.0 Å². The van der Waals surface area contributed by atoms with Crippen molar-refractivity contribution in [2.75, 3.05) is 19.6 Å². The average Bonchev–Trinajstić information content (AvgIpc) is 2.37. The monoisotopic (exact) mass is 294 g/mol. The van der Waals surface area contributed by atoms with Crippen molar-refractivity contribution in [2.24, 2.45) is 0 Å². The minimum atomic E-state index is -0.521. The normalized spacial score (nSPS) is 19.5. The largest absolute Gasteiger partial charge is 0.444 e. The maximum atomic E-state index is 14.1. The molecule has 4 nitrogen and oxygen atoms in total. The van der Waals surface area contributed by atoms with Gasteiger partial charge in [0.05, 0.1) is 6.04 Å². The second-order valence-corrected chi connectivity index (χ2v) is 6.46. The molecule has 1 heterocycles. The van der Waals surface area contributed by atoms with Crippen LogP contribution < -0.4 is 5.32 Å². The molecule has 0 aliphatic carbocycles. The third-order valence-electron chi connectivity index (χ3n) is 3.36. The van der Waals surface area contributed by atoms with Crippen molar-refractivity contribution in [2.45, 2.75) is 39.3 Å². The second-order valence-electron chi connectivity index (χ2n) is 6.46. The van der Waals surface area contributed by atoms with Gasteiger partial charge < -0.3 is 15.0 Å². The van der Waals surface area contributed by atoms with E-state index in [0.29, 0.717) is 25.2 Å². The summed E-state index contributed by atoms with van der Waals surface area (Å²) in [5, 5.41) is 3.25. The Bertz CT molecular complexity index is 525. The van der Waals surface area contributed by atoms with E-state index >= 15 is 0 Å². The molecule has 0 aromatic heterocycles. The number of rotatable bonds is 1. The molecule has 0 radical (unpaired) electrons. The highest BCUT2D eigenvalue weighted by Gasteiger charge is 2.29. The molecule has 1 N–H and O–H groups in total.